The molecule has 0 aliphatic carbocycles. The van der Waals surface area contributed by atoms with Crippen LogP contribution in [-0.2, 0) is 14.2 Å². The zero-order valence-corrected chi connectivity index (χ0v) is 11.6. The van der Waals surface area contributed by atoms with Crippen LogP contribution in [0.25, 0.3) is 0 Å². The summed E-state index contributed by atoms with van der Waals surface area (Å²) in [6.07, 6.45) is 1.22. The van der Waals surface area contributed by atoms with Crippen molar-refractivity contribution in [3.63, 3.8) is 0 Å². The summed E-state index contributed by atoms with van der Waals surface area (Å²) in [5, 5.41) is 3.31. The second kappa shape index (κ2) is 14.6. The fourth-order valence-electron chi connectivity index (χ4n) is 0.925. The fraction of sp³-hybridized carbons (Fsp3) is 1.00. The largest absolute Gasteiger partial charge is 0.382 e. The van der Waals surface area contributed by atoms with Gasteiger partial charge in [0.15, 0.2) is 0 Å². The molecule has 0 aromatic heterocycles. The van der Waals surface area contributed by atoms with Crippen LogP contribution < -0.4 is 5.32 Å². The molecule has 0 saturated heterocycles. The van der Waals surface area contributed by atoms with Gasteiger partial charge in [0.05, 0.1) is 33.0 Å². The van der Waals surface area contributed by atoms with Crippen LogP contribution in [-0.4, -0.2) is 57.7 Å². The lowest BCUT2D eigenvalue weighted by Gasteiger charge is -2.06. The average Bonchev–Trinajstić information content (AvgIpc) is 2.26. The lowest BCUT2D eigenvalue weighted by Crippen LogP contribution is -2.22. The minimum absolute atomic E-state index is 0.647. The second-order valence-electron chi connectivity index (χ2n) is 3.01. The molecule has 0 aliphatic rings. The first-order valence-corrected chi connectivity index (χ1v) is 6.85. The highest BCUT2D eigenvalue weighted by Gasteiger charge is 1.90. The van der Waals surface area contributed by atoms with Crippen molar-refractivity contribution in [1.29, 1.82) is 0 Å². The van der Waals surface area contributed by atoms with Gasteiger partial charge in [0.1, 0.15) is 0 Å². The van der Waals surface area contributed by atoms with Crippen LogP contribution in [0.1, 0.15) is 6.42 Å². The van der Waals surface area contributed by atoms with E-state index in [4.69, 9.17) is 14.2 Å². The SMILES string of the molecule is COCCOCCOCCNCCCI. The number of hydrogen-bond donors (Lipinski definition) is 1. The van der Waals surface area contributed by atoms with Crippen LogP contribution >= 0.6 is 22.6 Å². The Kier molecular flexibility index (Phi) is 15.1. The van der Waals surface area contributed by atoms with E-state index in [9.17, 15) is 0 Å². The fourth-order valence-corrected chi connectivity index (χ4v) is 1.31. The Labute approximate surface area is 106 Å². The Morgan fingerprint density at radius 1 is 0.933 bits per heavy atom. The molecule has 0 radical (unpaired) electrons. The van der Waals surface area contributed by atoms with E-state index < -0.39 is 0 Å². The van der Waals surface area contributed by atoms with Gasteiger partial charge in [-0.2, -0.15) is 0 Å². The summed E-state index contributed by atoms with van der Waals surface area (Å²) < 4.78 is 16.7. The molecule has 0 rings (SSSR count). The molecule has 0 bridgehead atoms. The molecule has 0 amide bonds. The van der Waals surface area contributed by atoms with Crippen molar-refractivity contribution in [2.24, 2.45) is 0 Å². The van der Waals surface area contributed by atoms with Crippen molar-refractivity contribution in [3.05, 3.63) is 0 Å². The lowest BCUT2D eigenvalue weighted by atomic mass is 10.5. The van der Waals surface area contributed by atoms with E-state index in [1.807, 2.05) is 0 Å². The second-order valence-corrected chi connectivity index (χ2v) is 4.09. The number of rotatable bonds is 12. The van der Waals surface area contributed by atoms with Crippen molar-refractivity contribution in [2.75, 3.05) is 57.7 Å². The van der Waals surface area contributed by atoms with E-state index in [1.54, 1.807) is 7.11 Å². The Balaban J connectivity index is 2.81. The van der Waals surface area contributed by atoms with Crippen molar-refractivity contribution in [1.82, 2.24) is 5.32 Å². The molecule has 0 fully saturated rings. The predicted molar refractivity (Wildman–Crippen MR) is 69.9 cm³/mol. The molecule has 0 atom stereocenters. The number of halogens is 1. The van der Waals surface area contributed by atoms with Gasteiger partial charge in [-0.1, -0.05) is 22.6 Å². The van der Waals surface area contributed by atoms with Crippen LogP contribution in [0, 0.1) is 0 Å². The van der Waals surface area contributed by atoms with Crippen molar-refractivity contribution in [3.8, 4) is 0 Å². The maximum atomic E-state index is 5.36. The maximum Gasteiger partial charge on any atom is 0.0701 e. The highest BCUT2D eigenvalue weighted by molar-refractivity contribution is 14.1. The molecule has 0 unspecified atom stereocenters. The third kappa shape index (κ3) is 14.6. The molecular weight excluding hydrogens is 309 g/mol. The quantitative estimate of drug-likeness (QED) is 0.330. The van der Waals surface area contributed by atoms with E-state index in [1.165, 1.54) is 10.8 Å². The molecule has 0 spiro atoms. The zero-order chi connectivity index (χ0) is 11.2. The van der Waals surface area contributed by atoms with Crippen LogP contribution in [0.15, 0.2) is 0 Å². The van der Waals surface area contributed by atoms with Crippen LogP contribution in [0.3, 0.4) is 0 Å². The van der Waals surface area contributed by atoms with Crippen molar-refractivity contribution < 1.29 is 14.2 Å². The number of methoxy groups -OCH3 is 1. The van der Waals surface area contributed by atoms with Gasteiger partial charge in [-0.3, -0.25) is 0 Å². The highest BCUT2D eigenvalue weighted by atomic mass is 127. The Hall–Kier alpha value is 0.570. The lowest BCUT2D eigenvalue weighted by molar-refractivity contribution is 0.0256. The summed E-state index contributed by atoms with van der Waals surface area (Å²) in [7, 11) is 1.67. The van der Waals surface area contributed by atoms with Crippen LogP contribution in [0.5, 0.6) is 0 Å². The summed E-state index contributed by atoms with van der Waals surface area (Å²) in [5.74, 6) is 0. The highest BCUT2D eigenvalue weighted by Crippen LogP contribution is 1.85. The molecule has 4 nitrogen and oxygen atoms in total. The van der Waals surface area contributed by atoms with Gasteiger partial charge in [0.2, 0.25) is 0 Å². The van der Waals surface area contributed by atoms with Gasteiger partial charge in [-0.15, -0.1) is 0 Å². The van der Waals surface area contributed by atoms with Gasteiger partial charge in [0.25, 0.3) is 0 Å². The third-order valence-electron chi connectivity index (χ3n) is 1.71. The van der Waals surface area contributed by atoms with E-state index in [0.29, 0.717) is 26.4 Å². The summed E-state index contributed by atoms with van der Waals surface area (Å²) >= 11 is 2.38. The Bertz CT molecular complexity index is 105. The average molecular weight is 331 g/mol. The van der Waals surface area contributed by atoms with Gasteiger partial charge in [-0.25, -0.2) is 0 Å². The predicted octanol–water partition coefficient (Wildman–Crippen LogP) is 1.08. The smallest absolute Gasteiger partial charge is 0.0701 e. The number of nitrogens with one attached hydrogen (secondary N) is 1. The Morgan fingerprint density at radius 2 is 1.60 bits per heavy atom. The van der Waals surface area contributed by atoms with E-state index >= 15 is 0 Å². The monoisotopic (exact) mass is 331 g/mol. The topological polar surface area (TPSA) is 39.7 Å². The van der Waals surface area contributed by atoms with Gasteiger partial charge in [-0.05, 0) is 13.0 Å². The van der Waals surface area contributed by atoms with E-state index in [-0.39, 0.29) is 0 Å². The summed E-state index contributed by atoms with van der Waals surface area (Å²) in [6, 6.07) is 0. The van der Waals surface area contributed by atoms with Gasteiger partial charge >= 0.3 is 0 Å². The first-order chi connectivity index (χ1) is 7.41. The van der Waals surface area contributed by atoms with Crippen molar-refractivity contribution >= 4 is 22.6 Å². The third-order valence-corrected chi connectivity index (χ3v) is 2.48. The van der Waals surface area contributed by atoms with Crippen LogP contribution in [0.4, 0.5) is 0 Å². The van der Waals surface area contributed by atoms with E-state index in [2.05, 4.69) is 27.9 Å². The molecule has 0 aromatic rings. The minimum atomic E-state index is 0.647. The maximum absolute atomic E-state index is 5.36. The van der Waals surface area contributed by atoms with Gasteiger partial charge in [0, 0.05) is 18.1 Å². The Morgan fingerprint density at radius 3 is 2.27 bits per heavy atom. The molecule has 1 N–H and O–H groups in total. The van der Waals surface area contributed by atoms with Gasteiger partial charge < -0.3 is 19.5 Å². The number of hydrogen-bond acceptors (Lipinski definition) is 4. The summed E-state index contributed by atoms with van der Waals surface area (Å²) in [5.41, 5.74) is 0. The first-order valence-electron chi connectivity index (χ1n) is 5.33. The summed E-state index contributed by atoms with van der Waals surface area (Å²) in [4.78, 5) is 0. The molecule has 0 aliphatic heterocycles. The molecule has 5 heteroatoms. The molecule has 92 valence electrons. The molecule has 0 aromatic carbocycles. The van der Waals surface area contributed by atoms with E-state index in [0.717, 1.165) is 19.7 Å². The van der Waals surface area contributed by atoms with Crippen molar-refractivity contribution in [2.45, 2.75) is 6.42 Å². The zero-order valence-electron chi connectivity index (χ0n) is 9.47. The number of ether oxygens (including phenoxy) is 3. The minimum Gasteiger partial charge on any atom is -0.382 e. The molecule has 0 heterocycles. The van der Waals surface area contributed by atoms with Crippen LogP contribution in [0.2, 0.25) is 0 Å². The molecule has 0 saturated carbocycles. The normalized spacial score (nSPS) is 10.8. The number of alkyl halides is 1. The molecule has 15 heavy (non-hydrogen) atoms. The standard InChI is InChI=1S/C10H22INO3/c1-13-7-8-15-10-9-14-6-5-12-4-2-3-11/h12H,2-10H2,1H3. The summed E-state index contributed by atoms with van der Waals surface area (Å²) in [6.45, 7) is 5.38. The first kappa shape index (κ1) is 15.6. The molecular formula is C10H22INO3.